The van der Waals surface area contributed by atoms with E-state index in [0.717, 1.165) is 20.8 Å². The van der Waals surface area contributed by atoms with Gasteiger partial charge in [-0.2, -0.15) is 0 Å². The molecule has 3 rings (SSSR count). The number of thiazole rings is 1. The molecule has 0 amide bonds. The van der Waals surface area contributed by atoms with E-state index in [-0.39, 0.29) is 11.2 Å². The lowest BCUT2D eigenvalue weighted by molar-refractivity contribution is 0.0652. The zero-order chi connectivity index (χ0) is 15.2. The van der Waals surface area contributed by atoms with Crippen LogP contribution in [0.25, 0.3) is 21.5 Å². The molecular formula is C15H14N2O3S. The molecule has 0 aliphatic rings. The lowest BCUT2D eigenvalue weighted by Crippen LogP contribution is -2.09. The van der Waals surface area contributed by atoms with E-state index in [9.17, 15) is 4.79 Å². The Morgan fingerprint density at radius 1 is 1.29 bits per heavy atom. The third kappa shape index (κ3) is 2.54. The van der Waals surface area contributed by atoms with Gasteiger partial charge in [-0.15, -0.1) is 11.3 Å². The summed E-state index contributed by atoms with van der Waals surface area (Å²) in [6, 6.07) is 7.18. The predicted octanol–water partition coefficient (Wildman–Crippen LogP) is 3.95. The average Bonchev–Trinajstić information content (AvgIpc) is 3.04. The molecule has 0 bridgehead atoms. The molecule has 0 fully saturated rings. The fourth-order valence-corrected chi connectivity index (χ4v) is 2.98. The Bertz CT molecular complexity index is 827. The number of benzene rings is 1. The molecule has 0 saturated heterocycles. The number of fused-ring (bicyclic) bond motifs is 1. The summed E-state index contributed by atoms with van der Waals surface area (Å²) in [4.78, 5) is 15.5. The highest BCUT2D eigenvalue weighted by Gasteiger charge is 2.19. The molecule has 2 heterocycles. The van der Waals surface area contributed by atoms with Gasteiger partial charge in [0.1, 0.15) is 5.69 Å². The number of hydrogen-bond donors (Lipinski definition) is 1. The number of rotatable bonds is 2. The van der Waals surface area contributed by atoms with Crippen molar-refractivity contribution in [2.45, 2.75) is 26.2 Å². The molecule has 6 heteroatoms. The first kappa shape index (κ1) is 13.8. The zero-order valence-electron chi connectivity index (χ0n) is 11.9. The van der Waals surface area contributed by atoms with E-state index < -0.39 is 5.97 Å². The second-order valence-corrected chi connectivity index (χ2v) is 6.86. The molecule has 0 atom stereocenters. The maximum absolute atomic E-state index is 10.8. The van der Waals surface area contributed by atoms with E-state index in [1.165, 1.54) is 6.07 Å². The smallest absolute Gasteiger partial charge is 0.374 e. The number of nitrogens with zero attached hydrogens (tertiary/aromatic N) is 2. The summed E-state index contributed by atoms with van der Waals surface area (Å²) >= 11 is 1.64. The Balaban J connectivity index is 2.05. The Kier molecular flexibility index (Phi) is 3.06. The SMILES string of the molecule is CC(C)(C)c1nc2ccc(-c3cc(C(=O)O)on3)cc2s1. The molecule has 108 valence electrons. The lowest BCUT2D eigenvalue weighted by Gasteiger charge is -2.13. The number of carboxylic acids is 1. The number of carboxylic acid groups (broad SMARTS) is 1. The van der Waals surface area contributed by atoms with Crippen molar-refractivity contribution in [2.75, 3.05) is 0 Å². The van der Waals surface area contributed by atoms with Crippen LogP contribution in [0.1, 0.15) is 36.3 Å². The minimum Gasteiger partial charge on any atom is -0.475 e. The minimum absolute atomic E-state index is 0.00815. The van der Waals surface area contributed by atoms with Crippen molar-refractivity contribution in [3.63, 3.8) is 0 Å². The van der Waals surface area contributed by atoms with Gasteiger partial charge in [-0.05, 0) is 12.1 Å². The molecule has 1 N–H and O–H groups in total. The van der Waals surface area contributed by atoms with E-state index in [1.807, 2.05) is 18.2 Å². The molecule has 0 saturated carbocycles. The van der Waals surface area contributed by atoms with Crippen molar-refractivity contribution in [3.8, 4) is 11.3 Å². The van der Waals surface area contributed by atoms with Crippen LogP contribution in [0.5, 0.6) is 0 Å². The van der Waals surface area contributed by atoms with Gasteiger partial charge in [-0.1, -0.05) is 32.0 Å². The topological polar surface area (TPSA) is 76.2 Å². The van der Waals surface area contributed by atoms with Gasteiger partial charge in [-0.25, -0.2) is 9.78 Å². The van der Waals surface area contributed by atoms with Crippen LogP contribution in [0.3, 0.4) is 0 Å². The Hall–Kier alpha value is -2.21. The number of carbonyl (C=O) groups is 1. The number of aromatic carboxylic acids is 1. The van der Waals surface area contributed by atoms with Crippen LogP contribution in [-0.2, 0) is 5.41 Å². The van der Waals surface area contributed by atoms with E-state index in [1.54, 1.807) is 11.3 Å². The second kappa shape index (κ2) is 4.66. The number of aromatic nitrogens is 2. The Labute approximate surface area is 125 Å². The zero-order valence-corrected chi connectivity index (χ0v) is 12.7. The minimum atomic E-state index is -1.12. The fourth-order valence-electron chi connectivity index (χ4n) is 1.92. The van der Waals surface area contributed by atoms with E-state index >= 15 is 0 Å². The normalized spacial score (nSPS) is 12.0. The second-order valence-electron chi connectivity index (χ2n) is 5.83. The molecular weight excluding hydrogens is 288 g/mol. The molecule has 0 unspecified atom stereocenters. The number of hydrogen-bond acceptors (Lipinski definition) is 5. The van der Waals surface area contributed by atoms with Crippen LogP contribution in [0.15, 0.2) is 28.8 Å². The third-order valence-corrected chi connectivity index (χ3v) is 4.49. The highest BCUT2D eigenvalue weighted by molar-refractivity contribution is 7.18. The molecule has 0 spiro atoms. The van der Waals surface area contributed by atoms with Crippen molar-refractivity contribution in [1.82, 2.24) is 10.1 Å². The summed E-state index contributed by atoms with van der Waals surface area (Å²) in [7, 11) is 0. The summed E-state index contributed by atoms with van der Waals surface area (Å²) in [5.41, 5.74) is 2.28. The van der Waals surface area contributed by atoms with Gasteiger partial charge >= 0.3 is 5.97 Å². The maximum Gasteiger partial charge on any atom is 0.374 e. The molecule has 0 radical (unpaired) electrons. The standard InChI is InChI=1S/C15H14N2O3S/c1-15(2,3)14-16-9-5-4-8(6-12(9)21-14)10-7-11(13(18)19)20-17-10/h4-7H,1-3H3,(H,18,19). The van der Waals surface area contributed by atoms with Gasteiger partial charge in [-0.3, -0.25) is 0 Å². The average molecular weight is 302 g/mol. The summed E-state index contributed by atoms with van der Waals surface area (Å²) < 4.78 is 5.84. The monoisotopic (exact) mass is 302 g/mol. The van der Waals surface area contributed by atoms with Gasteiger partial charge < -0.3 is 9.63 Å². The first-order valence-corrected chi connectivity index (χ1v) is 7.28. The van der Waals surface area contributed by atoms with E-state index in [2.05, 4.69) is 30.9 Å². The van der Waals surface area contributed by atoms with Crippen LogP contribution in [-0.4, -0.2) is 21.2 Å². The van der Waals surface area contributed by atoms with E-state index in [4.69, 9.17) is 9.63 Å². The van der Waals surface area contributed by atoms with Gasteiger partial charge in [0.05, 0.1) is 15.2 Å². The Morgan fingerprint density at radius 3 is 2.67 bits per heavy atom. The quantitative estimate of drug-likeness (QED) is 0.775. The summed E-state index contributed by atoms with van der Waals surface area (Å²) in [5.74, 6) is -1.28. The summed E-state index contributed by atoms with van der Waals surface area (Å²) in [6.07, 6.45) is 0. The van der Waals surface area contributed by atoms with Gasteiger partial charge in [0.2, 0.25) is 5.76 Å². The van der Waals surface area contributed by atoms with Gasteiger partial charge in [0.25, 0.3) is 0 Å². The molecule has 21 heavy (non-hydrogen) atoms. The highest BCUT2D eigenvalue weighted by Crippen LogP contribution is 2.33. The fraction of sp³-hybridized carbons (Fsp3) is 0.267. The largest absolute Gasteiger partial charge is 0.475 e. The van der Waals surface area contributed by atoms with Crippen LogP contribution >= 0.6 is 11.3 Å². The van der Waals surface area contributed by atoms with E-state index in [0.29, 0.717) is 5.69 Å². The molecule has 0 aliphatic heterocycles. The summed E-state index contributed by atoms with van der Waals surface area (Å²) in [6.45, 7) is 6.38. The van der Waals surface area contributed by atoms with Crippen LogP contribution in [0.4, 0.5) is 0 Å². The van der Waals surface area contributed by atoms with Crippen molar-refractivity contribution < 1.29 is 14.4 Å². The maximum atomic E-state index is 10.8. The summed E-state index contributed by atoms with van der Waals surface area (Å²) in [5, 5.41) is 13.7. The van der Waals surface area contributed by atoms with Crippen molar-refractivity contribution in [2.24, 2.45) is 0 Å². The van der Waals surface area contributed by atoms with Crippen LogP contribution in [0, 0.1) is 0 Å². The predicted molar refractivity (Wildman–Crippen MR) is 80.8 cm³/mol. The van der Waals surface area contributed by atoms with Gasteiger partial charge in [0, 0.05) is 17.0 Å². The highest BCUT2D eigenvalue weighted by atomic mass is 32.1. The van der Waals surface area contributed by atoms with Crippen LogP contribution < -0.4 is 0 Å². The van der Waals surface area contributed by atoms with Crippen LogP contribution in [0.2, 0.25) is 0 Å². The van der Waals surface area contributed by atoms with Crippen molar-refractivity contribution >= 4 is 27.5 Å². The van der Waals surface area contributed by atoms with Crippen molar-refractivity contribution in [3.05, 3.63) is 35.0 Å². The Morgan fingerprint density at radius 2 is 2.05 bits per heavy atom. The first-order chi connectivity index (χ1) is 9.84. The molecule has 1 aromatic carbocycles. The van der Waals surface area contributed by atoms with Crippen molar-refractivity contribution in [1.29, 1.82) is 0 Å². The molecule has 3 aromatic rings. The van der Waals surface area contributed by atoms with Gasteiger partial charge in [0.15, 0.2) is 0 Å². The molecule has 2 aromatic heterocycles. The third-order valence-electron chi connectivity index (χ3n) is 3.05. The molecule has 0 aliphatic carbocycles. The first-order valence-electron chi connectivity index (χ1n) is 6.46. The lowest BCUT2D eigenvalue weighted by atomic mass is 9.98. The molecule has 5 nitrogen and oxygen atoms in total.